The average molecular weight is 282 g/mol. The van der Waals surface area contributed by atoms with E-state index in [0.717, 1.165) is 6.21 Å². The molecule has 0 aromatic heterocycles. The minimum Gasteiger partial charge on any atom is -0.480 e. The molecule has 0 fully saturated rings. The van der Waals surface area contributed by atoms with E-state index in [-0.39, 0.29) is 6.54 Å². The maximum atomic E-state index is 12.0. The zero-order valence-electron chi connectivity index (χ0n) is 9.51. The first-order chi connectivity index (χ1) is 8.21. The number of hydrogen-bond donors (Lipinski definition) is 1. The van der Waals surface area contributed by atoms with E-state index in [2.05, 4.69) is 5.10 Å². The molecular formula is C9H12F2N2O4S. The molecule has 9 heteroatoms. The van der Waals surface area contributed by atoms with Crippen molar-refractivity contribution in [2.75, 3.05) is 19.3 Å². The summed E-state index contributed by atoms with van der Waals surface area (Å²) in [6.45, 7) is -0.327. The Bertz CT molecular complexity index is 499. The Labute approximate surface area is 103 Å². The van der Waals surface area contributed by atoms with Crippen LogP contribution in [0.25, 0.3) is 0 Å². The lowest BCUT2D eigenvalue weighted by Gasteiger charge is -2.21. The van der Waals surface area contributed by atoms with Crippen molar-refractivity contribution in [3.05, 3.63) is 12.2 Å². The Balaban J connectivity index is 2.97. The number of carboxylic acids is 1. The molecule has 6 nitrogen and oxygen atoms in total. The fourth-order valence-electron chi connectivity index (χ4n) is 1.55. The van der Waals surface area contributed by atoms with Gasteiger partial charge in [-0.15, -0.1) is 0 Å². The lowest BCUT2D eigenvalue weighted by atomic mass is 10.2. The summed E-state index contributed by atoms with van der Waals surface area (Å²) < 4.78 is 45.4. The van der Waals surface area contributed by atoms with Crippen molar-refractivity contribution in [2.45, 2.75) is 11.2 Å². The molecule has 18 heavy (non-hydrogen) atoms. The molecule has 0 saturated carbocycles. The maximum Gasteiger partial charge on any atom is 0.332 e. The summed E-state index contributed by atoms with van der Waals surface area (Å²) in [5.41, 5.74) is 0. The fraction of sp³-hybridized carbons (Fsp3) is 0.556. The third-order valence-corrected chi connectivity index (χ3v) is 4.82. The average Bonchev–Trinajstić information content (AvgIpc) is 2.61. The number of carboxylic acid groups (broad SMARTS) is 1. The largest absolute Gasteiger partial charge is 0.480 e. The Morgan fingerprint density at radius 1 is 1.61 bits per heavy atom. The lowest BCUT2D eigenvalue weighted by Crippen LogP contribution is -2.51. The van der Waals surface area contributed by atoms with Crippen molar-refractivity contribution >= 4 is 22.0 Å². The topological polar surface area (TPSA) is 87.0 Å². The van der Waals surface area contributed by atoms with E-state index in [4.69, 9.17) is 5.11 Å². The van der Waals surface area contributed by atoms with E-state index in [1.807, 2.05) is 0 Å². The van der Waals surface area contributed by atoms with Crippen LogP contribution in [0.1, 0.15) is 6.42 Å². The van der Waals surface area contributed by atoms with E-state index in [1.165, 1.54) is 12.1 Å². The van der Waals surface area contributed by atoms with Gasteiger partial charge >= 0.3 is 5.97 Å². The number of hydrazone groups is 1. The highest BCUT2D eigenvalue weighted by Crippen LogP contribution is 2.24. The van der Waals surface area contributed by atoms with Gasteiger partial charge in [0.25, 0.3) is 6.08 Å². The van der Waals surface area contributed by atoms with E-state index >= 15 is 0 Å². The highest BCUT2D eigenvalue weighted by molar-refractivity contribution is 7.94. The quantitative estimate of drug-likeness (QED) is 0.785. The van der Waals surface area contributed by atoms with Gasteiger partial charge < -0.3 is 5.11 Å². The van der Waals surface area contributed by atoms with Crippen molar-refractivity contribution in [2.24, 2.45) is 5.10 Å². The van der Waals surface area contributed by atoms with E-state index in [0.29, 0.717) is 6.08 Å². The zero-order chi connectivity index (χ0) is 14.0. The fourth-order valence-corrected chi connectivity index (χ4v) is 3.20. The lowest BCUT2D eigenvalue weighted by molar-refractivity contribution is -0.138. The van der Waals surface area contributed by atoms with Crippen LogP contribution in [0, 0.1) is 0 Å². The molecule has 1 N–H and O–H groups in total. The highest BCUT2D eigenvalue weighted by atomic mass is 32.2. The van der Waals surface area contributed by atoms with Crippen molar-refractivity contribution in [1.29, 1.82) is 0 Å². The Hall–Kier alpha value is -1.51. The molecule has 1 aliphatic rings. The number of halogens is 2. The number of allylic oxidation sites excluding steroid dienone is 1. The number of hydrogen-bond acceptors (Lipinski definition) is 5. The molecule has 1 rings (SSSR count). The highest BCUT2D eigenvalue weighted by Gasteiger charge is 2.53. The normalized spacial score (nSPS) is 23.2. The smallest absolute Gasteiger partial charge is 0.332 e. The number of sulfone groups is 1. The SMILES string of the molecule is CN1CC(C(=O)O)(S(=O)(=O)CCC=C(F)F)C=N1. The first-order valence-electron chi connectivity index (χ1n) is 4.94. The summed E-state index contributed by atoms with van der Waals surface area (Å²) >= 11 is 0. The second-order valence-corrected chi connectivity index (χ2v) is 6.22. The first kappa shape index (κ1) is 14.6. The van der Waals surface area contributed by atoms with Crippen molar-refractivity contribution in [1.82, 2.24) is 5.01 Å². The van der Waals surface area contributed by atoms with Gasteiger partial charge in [-0.3, -0.25) is 9.80 Å². The molecule has 0 aromatic rings. The summed E-state index contributed by atoms with van der Waals surface area (Å²) in [5, 5.41) is 13.8. The molecule has 0 aromatic carbocycles. The molecule has 0 aliphatic carbocycles. The van der Waals surface area contributed by atoms with Gasteiger partial charge in [0, 0.05) is 7.05 Å². The molecule has 1 atom stereocenters. The first-order valence-corrected chi connectivity index (χ1v) is 6.59. The van der Waals surface area contributed by atoms with Crippen LogP contribution in [0.15, 0.2) is 17.3 Å². The van der Waals surface area contributed by atoms with Crippen LogP contribution in [-0.4, -0.2) is 54.8 Å². The zero-order valence-corrected chi connectivity index (χ0v) is 10.3. The van der Waals surface area contributed by atoms with Gasteiger partial charge in [-0.05, 0) is 12.5 Å². The van der Waals surface area contributed by atoms with Crippen LogP contribution in [0.2, 0.25) is 0 Å². The molecule has 1 unspecified atom stereocenters. The molecule has 0 bridgehead atoms. The summed E-state index contributed by atoms with van der Waals surface area (Å²) in [6, 6.07) is 0. The van der Waals surface area contributed by atoms with Crippen molar-refractivity contribution in [3.63, 3.8) is 0 Å². The van der Waals surface area contributed by atoms with Gasteiger partial charge in [0.05, 0.1) is 18.5 Å². The van der Waals surface area contributed by atoms with Crippen LogP contribution in [0.4, 0.5) is 8.78 Å². The second-order valence-electron chi connectivity index (χ2n) is 3.86. The number of nitrogens with zero attached hydrogens (tertiary/aromatic N) is 2. The minimum absolute atomic E-state index is 0.327. The molecule has 0 amide bonds. The molecular weight excluding hydrogens is 270 g/mol. The van der Waals surface area contributed by atoms with Crippen LogP contribution < -0.4 is 0 Å². The Kier molecular flexibility index (Phi) is 4.05. The molecule has 0 saturated heterocycles. The van der Waals surface area contributed by atoms with E-state index < -0.39 is 38.8 Å². The molecule has 1 aliphatic heterocycles. The van der Waals surface area contributed by atoms with Gasteiger partial charge in [-0.2, -0.15) is 13.9 Å². The second kappa shape index (κ2) is 5.01. The van der Waals surface area contributed by atoms with Gasteiger partial charge in [0.1, 0.15) is 0 Å². The monoisotopic (exact) mass is 282 g/mol. The van der Waals surface area contributed by atoms with Gasteiger partial charge in [0.15, 0.2) is 9.84 Å². The summed E-state index contributed by atoms with van der Waals surface area (Å²) in [5.74, 6) is -2.23. The molecule has 1 heterocycles. The predicted molar refractivity (Wildman–Crippen MR) is 60.2 cm³/mol. The maximum absolute atomic E-state index is 12.0. The van der Waals surface area contributed by atoms with E-state index in [1.54, 1.807) is 0 Å². The van der Waals surface area contributed by atoms with Crippen molar-refractivity contribution < 1.29 is 27.1 Å². The van der Waals surface area contributed by atoms with Gasteiger partial charge in [-0.1, -0.05) is 0 Å². The van der Waals surface area contributed by atoms with E-state index in [9.17, 15) is 22.0 Å². The van der Waals surface area contributed by atoms with Gasteiger partial charge in [-0.25, -0.2) is 8.42 Å². The van der Waals surface area contributed by atoms with Crippen LogP contribution >= 0.6 is 0 Å². The Morgan fingerprint density at radius 3 is 2.61 bits per heavy atom. The van der Waals surface area contributed by atoms with Crippen molar-refractivity contribution in [3.8, 4) is 0 Å². The predicted octanol–water partition coefficient (Wildman–Crippen LogP) is 0.326. The van der Waals surface area contributed by atoms with Crippen LogP contribution in [-0.2, 0) is 14.6 Å². The summed E-state index contributed by atoms with van der Waals surface area (Å²) in [7, 11) is -2.69. The Morgan fingerprint density at radius 2 is 2.22 bits per heavy atom. The molecule has 0 radical (unpaired) electrons. The molecule has 0 spiro atoms. The molecule has 102 valence electrons. The van der Waals surface area contributed by atoms with Crippen LogP contribution in [0.5, 0.6) is 0 Å². The standard InChI is InChI=1S/C9H12F2N2O4S/c1-13-6-9(5-12-13,8(14)15)18(16,17)4-2-3-7(10)11/h3,5H,2,4,6H2,1H3,(H,14,15). The number of aliphatic carboxylic acids is 1. The van der Waals surface area contributed by atoms with Crippen LogP contribution in [0.3, 0.4) is 0 Å². The number of carbonyl (C=O) groups is 1. The summed E-state index contributed by atoms with van der Waals surface area (Å²) in [4.78, 5) is 11.2. The summed E-state index contributed by atoms with van der Waals surface area (Å²) in [6.07, 6.45) is -1.15. The number of rotatable bonds is 5. The van der Waals surface area contributed by atoms with Gasteiger partial charge in [0.2, 0.25) is 4.75 Å². The third-order valence-electron chi connectivity index (χ3n) is 2.53. The third kappa shape index (κ3) is 2.66. The minimum atomic E-state index is -4.12.